The Bertz CT molecular complexity index is 1020. The maximum absolute atomic E-state index is 14.4. The molecule has 0 aliphatic carbocycles. The van der Waals surface area contributed by atoms with E-state index in [1.54, 1.807) is 24.3 Å². The lowest BCUT2D eigenvalue weighted by Crippen LogP contribution is -2.36. The highest BCUT2D eigenvalue weighted by molar-refractivity contribution is 5.91. The van der Waals surface area contributed by atoms with Gasteiger partial charge >= 0.3 is 0 Å². The first-order valence-corrected chi connectivity index (χ1v) is 9.59. The molecule has 30 heavy (non-hydrogen) atoms. The summed E-state index contributed by atoms with van der Waals surface area (Å²) in [5.74, 6) is -0.427. The van der Waals surface area contributed by atoms with Gasteiger partial charge in [-0.1, -0.05) is 5.16 Å². The third kappa shape index (κ3) is 4.80. The Labute approximate surface area is 171 Å². The van der Waals surface area contributed by atoms with E-state index < -0.39 is 5.82 Å². The lowest BCUT2D eigenvalue weighted by atomic mass is 10.2. The lowest BCUT2D eigenvalue weighted by Gasteiger charge is -2.29. The quantitative estimate of drug-likeness (QED) is 0.666. The highest BCUT2D eigenvalue weighted by atomic mass is 19.1. The van der Waals surface area contributed by atoms with Crippen molar-refractivity contribution in [1.29, 1.82) is 0 Å². The van der Waals surface area contributed by atoms with Crippen LogP contribution >= 0.6 is 0 Å². The summed E-state index contributed by atoms with van der Waals surface area (Å²) < 4.78 is 37.9. The first kappa shape index (κ1) is 20.0. The fourth-order valence-corrected chi connectivity index (χ4v) is 3.16. The van der Waals surface area contributed by atoms with Gasteiger partial charge in [-0.05, 0) is 42.5 Å². The van der Waals surface area contributed by atoms with Gasteiger partial charge in [-0.3, -0.25) is 4.79 Å². The van der Waals surface area contributed by atoms with E-state index in [9.17, 15) is 13.6 Å². The van der Waals surface area contributed by atoms with Crippen LogP contribution in [0.4, 0.5) is 20.2 Å². The van der Waals surface area contributed by atoms with E-state index in [1.807, 2.05) is 4.90 Å². The van der Waals surface area contributed by atoms with E-state index in [0.717, 1.165) is 0 Å². The SMILES string of the molecule is O=C(CCc1nc(-c2ccc(F)cc2)no1)Nc1ccc(N2CCOCC2)c(F)c1. The van der Waals surface area contributed by atoms with Crippen molar-refractivity contribution < 1.29 is 22.8 Å². The molecule has 7 nitrogen and oxygen atoms in total. The number of nitrogens with zero attached hydrogens (tertiary/aromatic N) is 3. The molecule has 1 amide bonds. The van der Waals surface area contributed by atoms with Gasteiger partial charge < -0.3 is 19.5 Å². The van der Waals surface area contributed by atoms with Crippen molar-refractivity contribution in [1.82, 2.24) is 10.1 Å². The Morgan fingerprint density at radius 3 is 2.60 bits per heavy atom. The van der Waals surface area contributed by atoms with Crippen LogP contribution in [0.5, 0.6) is 0 Å². The van der Waals surface area contributed by atoms with E-state index in [-0.39, 0.29) is 24.6 Å². The van der Waals surface area contributed by atoms with Crippen LogP contribution in [0.3, 0.4) is 0 Å². The molecule has 0 unspecified atom stereocenters. The molecule has 0 radical (unpaired) electrons. The molecule has 0 bridgehead atoms. The Balaban J connectivity index is 1.32. The van der Waals surface area contributed by atoms with Crippen LogP contribution in [-0.2, 0) is 16.0 Å². The van der Waals surface area contributed by atoms with E-state index >= 15 is 0 Å². The average molecular weight is 414 g/mol. The van der Waals surface area contributed by atoms with E-state index in [1.165, 1.54) is 18.2 Å². The molecule has 156 valence electrons. The fourth-order valence-electron chi connectivity index (χ4n) is 3.16. The van der Waals surface area contributed by atoms with Crippen molar-refractivity contribution in [3.63, 3.8) is 0 Å². The van der Waals surface area contributed by atoms with Crippen molar-refractivity contribution in [2.24, 2.45) is 0 Å². The second-order valence-corrected chi connectivity index (χ2v) is 6.83. The number of anilines is 2. The molecule has 1 aromatic heterocycles. The lowest BCUT2D eigenvalue weighted by molar-refractivity contribution is -0.116. The minimum atomic E-state index is -0.393. The fraction of sp³-hybridized carbons (Fsp3) is 0.286. The predicted octanol–water partition coefficient (Wildman–Crippen LogP) is 3.42. The zero-order chi connectivity index (χ0) is 20.9. The van der Waals surface area contributed by atoms with Gasteiger partial charge in [-0.15, -0.1) is 0 Å². The second-order valence-electron chi connectivity index (χ2n) is 6.83. The topological polar surface area (TPSA) is 80.5 Å². The van der Waals surface area contributed by atoms with Crippen molar-refractivity contribution in [3.8, 4) is 11.4 Å². The number of aryl methyl sites for hydroxylation is 1. The Kier molecular flexibility index (Phi) is 5.99. The largest absolute Gasteiger partial charge is 0.378 e. The summed E-state index contributed by atoms with van der Waals surface area (Å²) in [7, 11) is 0. The molecular weight excluding hydrogens is 394 g/mol. The molecule has 1 N–H and O–H groups in total. The molecule has 0 spiro atoms. The summed E-state index contributed by atoms with van der Waals surface area (Å²) in [6.07, 6.45) is 0.326. The maximum atomic E-state index is 14.4. The first-order chi connectivity index (χ1) is 14.6. The normalized spacial score (nSPS) is 14.0. The summed E-state index contributed by atoms with van der Waals surface area (Å²) in [6.45, 7) is 2.40. The molecule has 0 atom stereocenters. The zero-order valence-electron chi connectivity index (χ0n) is 16.1. The summed E-state index contributed by atoms with van der Waals surface area (Å²) in [6, 6.07) is 10.3. The minimum absolute atomic E-state index is 0.0951. The molecule has 2 heterocycles. The van der Waals surface area contributed by atoms with E-state index in [2.05, 4.69) is 15.5 Å². The standard InChI is InChI=1S/C21H20F2N4O3/c22-15-3-1-14(2-4-15)21-25-20(30-26-21)8-7-19(28)24-16-5-6-18(17(23)13-16)27-9-11-29-12-10-27/h1-6,13H,7-12H2,(H,24,28). The molecular formula is C21H20F2N4O3. The van der Waals surface area contributed by atoms with Crippen LogP contribution in [0.25, 0.3) is 11.4 Å². The van der Waals surface area contributed by atoms with Gasteiger partial charge in [-0.25, -0.2) is 8.78 Å². The molecule has 2 aromatic carbocycles. The molecule has 1 aliphatic rings. The molecule has 1 fully saturated rings. The van der Waals surface area contributed by atoms with Crippen LogP contribution in [-0.4, -0.2) is 42.4 Å². The summed E-state index contributed by atoms with van der Waals surface area (Å²) in [5, 5.41) is 6.51. The number of morpholine rings is 1. The minimum Gasteiger partial charge on any atom is -0.378 e. The molecule has 3 aromatic rings. The van der Waals surface area contributed by atoms with Crippen LogP contribution < -0.4 is 10.2 Å². The Hall–Kier alpha value is -3.33. The second kappa shape index (κ2) is 9.00. The number of aromatic nitrogens is 2. The number of amides is 1. The van der Waals surface area contributed by atoms with Crippen molar-refractivity contribution >= 4 is 17.3 Å². The number of hydrogen-bond donors (Lipinski definition) is 1. The van der Waals surface area contributed by atoms with Gasteiger partial charge in [0.05, 0.1) is 18.9 Å². The zero-order valence-corrected chi connectivity index (χ0v) is 16.1. The Morgan fingerprint density at radius 1 is 1.10 bits per heavy atom. The summed E-state index contributed by atoms with van der Waals surface area (Å²) >= 11 is 0. The monoisotopic (exact) mass is 414 g/mol. The van der Waals surface area contributed by atoms with Crippen LogP contribution in [0.1, 0.15) is 12.3 Å². The highest BCUT2D eigenvalue weighted by Crippen LogP contribution is 2.24. The number of ether oxygens (including phenoxy) is 1. The molecule has 0 saturated carbocycles. The highest BCUT2D eigenvalue weighted by Gasteiger charge is 2.16. The van der Waals surface area contributed by atoms with Crippen LogP contribution in [0, 0.1) is 11.6 Å². The predicted molar refractivity (Wildman–Crippen MR) is 106 cm³/mol. The first-order valence-electron chi connectivity index (χ1n) is 9.59. The van der Waals surface area contributed by atoms with Crippen molar-refractivity contribution in [2.75, 3.05) is 36.5 Å². The molecule has 1 saturated heterocycles. The molecule has 9 heteroatoms. The number of carbonyl (C=O) groups excluding carboxylic acids is 1. The molecule has 1 aliphatic heterocycles. The van der Waals surface area contributed by atoms with Gasteiger partial charge in [0.25, 0.3) is 0 Å². The number of nitrogens with one attached hydrogen (secondary N) is 1. The maximum Gasteiger partial charge on any atom is 0.227 e. The van der Waals surface area contributed by atoms with Crippen molar-refractivity contribution in [3.05, 3.63) is 60.0 Å². The summed E-state index contributed by atoms with van der Waals surface area (Å²) in [4.78, 5) is 18.3. The van der Waals surface area contributed by atoms with Crippen molar-refractivity contribution in [2.45, 2.75) is 12.8 Å². The van der Waals surface area contributed by atoms with Gasteiger partial charge in [0.1, 0.15) is 11.6 Å². The Morgan fingerprint density at radius 2 is 1.87 bits per heavy atom. The van der Waals surface area contributed by atoms with Crippen LogP contribution in [0.2, 0.25) is 0 Å². The van der Waals surface area contributed by atoms with Gasteiger partial charge in [0.2, 0.25) is 17.6 Å². The van der Waals surface area contributed by atoms with Gasteiger partial charge in [0.15, 0.2) is 0 Å². The van der Waals surface area contributed by atoms with Gasteiger partial charge in [0, 0.05) is 37.2 Å². The number of carbonyl (C=O) groups is 1. The average Bonchev–Trinajstić information content (AvgIpc) is 3.23. The third-order valence-corrected chi connectivity index (χ3v) is 4.72. The van der Waals surface area contributed by atoms with Crippen LogP contribution in [0.15, 0.2) is 47.0 Å². The smallest absolute Gasteiger partial charge is 0.227 e. The van der Waals surface area contributed by atoms with E-state index in [4.69, 9.17) is 9.26 Å². The number of halogens is 2. The van der Waals surface area contributed by atoms with E-state index in [0.29, 0.717) is 55.0 Å². The molecule has 4 rings (SSSR count). The summed E-state index contributed by atoms with van der Waals surface area (Å²) in [5.41, 5.74) is 1.49. The third-order valence-electron chi connectivity index (χ3n) is 4.72. The number of benzene rings is 2. The number of hydrogen-bond acceptors (Lipinski definition) is 6. The number of rotatable bonds is 6. The van der Waals surface area contributed by atoms with Gasteiger partial charge in [-0.2, -0.15) is 4.98 Å².